The molecule has 0 heteroatoms. The molecule has 0 saturated carbocycles. The molecule has 1 aliphatic carbocycles. The summed E-state index contributed by atoms with van der Waals surface area (Å²) < 4.78 is 0. The van der Waals surface area contributed by atoms with Gasteiger partial charge in [-0.15, -0.1) is 0 Å². The van der Waals surface area contributed by atoms with E-state index in [4.69, 9.17) is 0 Å². The van der Waals surface area contributed by atoms with Crippen LogP contribution in [0.1, 0.15) is 44.2 Å². The SMILES string of the molecule is CC.CCC1c2c(c3ccccc3c3ccccc23)-c2c1c1ccccc1c1ccccc21. The van der Waals surface area contributed by atoms with Gasteiger partial charge in [0.25, 0.3) is 0 Å². The van der Waals surface area contributed by atoms with Gasteiger partial charge in [-0.05, 0) is 71.8 Å². The van der Waals surface area contributed by atoms with Crippen molar-refractivity contribution in [2.75, 3.05) is 0 Å². The molecule has 0 radical (unpaired) electrons. The topological polar surface area (TPSA) is 0 Å². The molecule has 0 unspecified atom stereocenters. The Labute approximate surface area is 195 Å². The minimum atomic E-state index is 0.411. The van der Waals surface area contributed by atoms with E-state index in [1.807, 2.05) is 13.8 Å². The maximum absolute atomic E-state index is 2.34. The number of rotatable bonds is 1. The molecule has 0 nitrogen and oxygen atoms in total. The summed E-state index contributed by atoms with van der Waals surface area (Å²) in [5.41, 5.74) is 5.96. The second kappa shape index (κ2) is 7.74. The Morgan fingerprint density at radius 2 is 0.697 bits per heavy atom. The highest BCUT2D eigenvalue weighted by molar-refractivity contribution is 6.25. The normalized spacial score (nSPS) is 12.7. The van der Waals surface area contributed by atoms with Gasteiger partial charge >= 0.3 is 0 Å². The van der Waals surface area contributed by atoms with E-state index in [-0.39, 0.29) is 0 Å². The number of benzene rings is 6. The lowest BCUT2D eigenvalue weighted by molar-refractivity contribution is 0.810. The van der Waals surface area contributed by atoms with E-state index in [0.29, 0.717) is 5.92 Å². The minimum absolute atomic E-state index is 0.411. The number of hydrogen-bond donors (Lipinski definition) is 0. The van der Waals surface area contributed by atoms with Crippen molar-refractivity contribution in [3.8, 4) is 11.1 Å². The van der Waals surface area contributed by atoms with E-state index in [1.165, 1.54) is 65.3 Å². The highest BCUT2D eigenvalue weighted by Gasteiger charge is 2.34. The Bertz CT molecular complexity index is 1540. The molecule has 0 N–H and O–H groups in total. The second-order valence-electron chi connectivity index (χ2n) is 8.72. The van der Waals surface area contributed by atoms with Crippen LogP contribution in [0.2, 0.25) is 0 Å². The lowest BCUT2D eigenvalue weighted by Gasteiger charge is -2.17. The highest BCUT2D eigenvalue weighted by Crippen LogP contribution is 2.57. The molecular formula is C33H28. The molecule has 33 heavy (non-hydrogen) atoms. The molecule has 160 valence electrons. The Hall–Kier alpha value is -3.64. The Balaban J connectivity index is 0.00000101. The van der Waals surface area contributed by atoms with Crippen LogP contribution in [0.4, 0.5) is 0 Å². The van der Waals surface area contributed by atoms with Gasteiger partial charge in [0, 0.05) is 5.92 Å². The predicted molar refractivity (Wildman–Crippen MR) is 145 cm³/mol. The largest absolute Gasteiger partial charge is 0.0683 e. The van der Waals surface area contributed by atoms with Crippen LogP contribution >= 0.6 is 0 Å². The van der Waals surface area contributed by atoms with Gasteiger partial charge in [0.2, 0.25) is 0 Å². The summed E-state index contributed by atoms with van der Waals surface area (Å²) in [6, 6.07) is 36.0. The smallest absolute Gasteiger partial charge is 0.0112 e. The van der Waals surface area contributed by atoms with Crippen molar-refractivity contribution in [1.82, 2.24) is 0 Å². The molecule has 0 spiro atoms. The highest BCUT2D eigenvalue weighted by atomic mass is 14.4. The standard InChI is InChI=1S/C31H22.C2H6/c1-2-19-28-24-15-7-3-11-20(24)22-13-5-9-17-26(22)30(28)31-27-18-10-6-14-23(27)21-12-4-8-16-25(21)29(19)31;1-2/h3-19H,2H2,1H3;1-2H3. The first-order valence-electron chi connectivity index (χ1n) is 12.3. The molecule has 0 fully saturated rings. The van der Waals surface area contributed by atoms with Crippen LogP contribution in [0.25, 0.3) is 54.2 Å². The predicted octanol–water partition coefficient (Wildman–Crippen LogP) is 9.85. The molecule has 0 saturated heterocycles. The zero-order valence-electron chi connectivity index (χ0n) is 19.5. The van der Waals surface area contributed by atoms with Gasteiger partial charge in [-0.1, -0.05) is 118 Å². The van der Waals surface area contributed by atoms with Crippen molar-refractivity contribution in [2.24, 2.45) is 0 Å². The van der Waals surface area contributed by atoms with E-state index in [9.17, 15) is 0 Å². The molecule has 0 aliphatic heterocycles. The van der Waals surface area contributed by atoms with E-state index in [1.54, 1.807) is 0 Å². The molecule has 0 atom stereocenters. The lowest BCUT2D eigenvalue weighted by atomic mass is 9.86. The van der Waals surface area contributed by atoms with Gasteiger partial charge in [-0.3, -0.25) is 0 Å². The third-order valence-electron chi connectivity index (χ3n) is 7.30. The average molecular weight is 425 g/mol. The van der Waals surface area contributed by atoms with Gasteiger partial charge in [0.1, 0.15) is 0 Å². The van der Waals surface area contributed by atoms with Crippen LogP contribution in [0.15, 0.2) is 97.1 Å². The molecule has 6 aromatic rings. The fourth-order valence-corrected chi connectivity index (χ4v) is 6.15. The number of fused-ring (bicyclic) bond motifs is 13. The minimum Gasteiger partial charge on any atom is -0.0683 e. The molecular weight excluding hydrogens is 396 g/mol. The van der Waals surface area contributed by atoms with Gasteiger partial charge in [-0.2, -0.15) is 0 Å². The van der Waals surface area contributed by atoms with E-state index in [2.05, 4.69) is 104 Å². The molecule has 0 heterocycles. The van der Waals surface area contributed by atoms with Crippen molar-refractivity contribution in [1.29, 1.82) is 0 Å². The van der Waals surface area contributed by atoms with Crippen LogP contribution in [0.5, 0.6) is 0 Å². The van der Waals surface area contributed by atoms with E-state index < -0.39 is 0 Å². The Kier molecular flexibility index (Phi) is 4.69. The van der Waals surface area contributed by atoms with Crippen LogP contribution in [-0.4, -0.2) is 0 Å². The zero-order chi connectivity index (χ0) is 22.5. The van der Waals surface area contributed by atoms with Crippen molar-refractivity contribution >= 4 is 43.1 Å². The molecule has 6 aromatic carbocycles. The van der Waals surface area contributed by atoms with Crippen molar-refractivity contribution in [2.45, 2.75) is 33.1 Å². The van der Waals surface area contributed by atoms with Crippen LogP contribution < -0.4 is 0 Å². The maximum Gasteiger partial charge on any atom is 0.0112 e. The molecule has 1 aliphatic rings. The second-order valence-corrected chi connectivity index (χ2v) is 8.72. The summed E-state index contributed by atoms with van der Waals surface area (Å²) in [6.45, 7) is 6.34. The van der Waals surface area contributed by atoms with Crippen molar-refractivity contribution < 1.29 is 0 Å². The van der Waals surface area contributed by atoms with Crippen LogP contribution in [-0.2, 0) is 0 Å². The van der Waals surface area contributed by atoms with Gasteiger partial charge in [-0.25, -0.2) is 0 Å². The molecule has 0 amide bonds. The zero-order valence-corrected chi connectivity index (χ0v) is 19.5. The van der Waals surface area contributed by atoms with Gasteiger partial charge < -0.3 is 0 Å². The van der Waals surface area contributed by atoms with Crippen molar-refractivity contribution in [3.63, 3.8) is 0 Å². The lowest BCUT2D eigenvalue weighted by Crippen LogP contribution is -1.97. The summed E-state index contributed by atoms with van der Waals surface area (Å²) in [5, 5.41) is 11.0. The Morgan fingerprint density at radius 1 is 0.424 bits per heavy atom. The van der Waals surface area contributed by atoms with E-state index >= 15 is 0 Å². The van der Waals surface area contributed by atoms with Gasteiger partial charge in [0.05, 0.1) is 0 Å². The summed E-state index contributed by atoms with van der Waals surface area (Å²) in [6.07, 6.45) is 1.10. The first-order valence-corrected chi connectivity index (χ1v) is 12.3. The summed E-state index contributed by atoms with van der Waals surface area (Å²) in [5.74, 6) is 0.411. The average Bonchev–Trinajstić information content (AvgIpc) is 3.26. The molecule has 0 aromatic heterocycles. The quantitative estimate of drug-likeness (QED) is 0.230. The maximum atomic E-state index is 2.34. The summed E-state index contributed by atoms with van der Waals surface area (Å²) in [4.78, 5) is 0. The van der Waals surface area contributed by atoms with E-state index in [0.717, 1.165) is 6.42 Å². The third kappa shape index (κ3) is 2.64. The summed E-state index contributed by atoms with van der Waals surface area (Å²) in [7, 11) is 0. The van der Waals surface area contributed by atoms with Crippen LogP contribution in [0.3, 0.4) is 0 Å². The Morgan fingerprint density at radius 3 is 1.03 bits per heavy atom. The summed E-state index contributed by atoms with van der Waals surface area (Å²) >= 11 is 0. The van der Waals surface area contributed by atoms with Crippen LogP contribution in [0, 0.1) is 0 Å². The first-order chi connectivity index (χ1) is 16.4. The first kappa shape index (κ1) is 20.0. The third-order valence-corrected chi connectivity index (χ3v) is 7.30. The fourth-order valence-electron chi connectivity index (χ4n) is 6.15. The van der Waals surface area contributed by atoms with Gasteiger partial charge in [0.15, 0.2) is 0 Å². The molecule has 0 bridgehead atoms. The van der Waals surface area contributed by atoms with Crippen molar-refractivity contribution in [3.05, 3.63) is 108 Å². The fraction of sp³-hybridized carbons (Fsp3) is 0.152. The monoisotopic (exact) mass is 424 g/mol. The molecule has 7 rings (SSSR count). The number of hydrogen-bond acceptors (Lipinski definition) is 0.